The minimum Gasteiger partial charge on any atom is -0.331 e. The largest absolute Gasteiger partial charge is 0.331 e. The zero-order valence-electron chi connectivity index (χ0n) is 17.3. The summed E-state index contributed by atoms with van der Waals surface area (Å²) in [5.74, 6) is 0.0570. The summed E-state index contributed by atoms with van der Waals surface area (Å²) in [5.41, 5.74) is 4.89. The lowest BCUT2D eigenvalue weighted by Gasteiger charge is -2.14. The normalized spacial score (nSPS) is 12.2. The van der Waals surface area contributed by atoms with Gasteiger partial charge in [-0.2, -0.15) is 5.10 Å². The standard InChI is InChI=1S/C22H19FN8O/c1-12(13-3-6-15(23)7-4-13)25-22(32)26-20-10-18-16(11-24-20)21(29-27-18)14-5-8-17-19(9-14)31(2)30-28-17/h3-12H,1-2H3,(H,27,29)(H2,24,25,26,32)/t12-/m1/s1. The molecule has 3 aromatic heterocycles. The molecule has 2 aromatic carbocycles. The number of pyridine rings is 1. The summed E-state index contributed by atoms with van der Waals surface area (Å²) >= 11 is 0. The maximum absolute atomic E-state index is 13.1. The summed E-state index contributed by atoms with van der Waals surface area (Å²) in [6, 6.07) is 12.8. The van der Waals surface area contributed by atoms with Gasteiger partial charge >= 0.3 is 6.03 Å². The number of rotatable bonds is 4. The molecule has 0 saturated heterocycles. The van der Waals surface area contributed by atoms with Gasteiger partial charge in [-0.1, -0.05) is 23.4 Å². The number of fused-ring (bicyclic) bond motifs is 2. The highest BCUT2D eigenvalue weighted by Crippen LogP contribution is 2.28. The summed E-state index contributed by atoms with van der Waals surface area (Å²) in [5, 5.41) is 21.9. The van der Waals surface area contributed by atoms with Gasteiger partial charge in [0, 0.05) is 30.3 Å². The minimum absolute atomic E-state index is 0.297. The summed E-state index contributed by atoms with van der Waals surface area (Å²) in [6.07, 6.45) is 1.67. The van der Waals surface area contributed by atoms with Gasteiger partial charge in [-0.25, -0.2) is 18.9 Å². The SMILES string of the molecule is C[C@@H](NC(=O)Nc1cc2[nH]nc(-c3ccc4nnn(C)c4c3)c2cn1)c1ccc(F)cc1. The summed E-state index contributed by atoms with van der Waals surface area (Å²) in [7, 11) is 1.84. The first-order valence-corrected chi connectivity index (χ1v) is 9.95. The molecule has 0 aliphatic heterocycles. The van der Waals surface area contributed by atoms with Crippen molar-refractivity contribution in [2.24, 2.45) is 7.05 Å². The highest BCUT2D eigenvalue weighted by Gasteiger charge is 2.14. The Morgan fingerprint density at radius 2 is 1.97 bits per heavy atom. The predicted octanol–water partition coefficient (Wildman–Crippen LogP) is 3.93. The Bertz CT molecular complexity index is 1440. The van der Waals surface area contributed by atoms with E-state index in [1.165, 1.54) is 12.1 Å². The number of nitrogens with zero attached hydrogens (tertiary/aromatic N) is 5. The molecule has 9 nitrogen and oxygen atoms in total. The lowest BCUT2D eigenvalue weighted by atomic mass is 10.1. The van der Waals surface area contributed by atoms with E-state index in [2.05, 4.69) is 36.1 Å². The van der Waals surface area contributed by atoms with E-state index < -0.39 is 6.03 Å². The number of nitrogens with one attached hydrogen (secondary N) is 3. The molecular weight excluding hydrogens is 411 g/mol. The first-order valence-electron chi connectivity index (χ1n) is 9.95. The molecule has 2 amide bonds. The van der Waals surface area contributed by atoms with Crippen LogP contribution in [0.4, 0.5) is 15.0 Å². The lowest BCUT2D eigenvalue weighted by Crippen LogP contribution is -2.31. The van der Waals surface area contributed by atoms with Crippen LogP contribution in [-0.4, -0.2) is 36.2 Å². The van der Waals surface area contributed by atoms with Gasteiger partial charge < -0.3 is 5.32 Å². The number of carbonyl (C=O) groups is 1. The molecule has 0 aliphatic carbocycles. The fourth-order valence-electron chi connectivity index (χ4n) is 3.56. The first-order chi connectivity index (χ1) is 15.5. The Morgan fingerprint density at radius 3 is 2.78 bits per heavy atom. The zero-order chi connectivity index (χ0) is 22.2. The number of aromatic amines is 1. The van der Waals surface area contributed by atoms with Crippen LogP contribution in [0.5, 0.6) is 0 Å². The van der Waals surface area contributed by atoms with Crippen LogP contribution in [0.2, 0.25) is 0 Å². The number of aryl methyl sites for hydroxylation is 1. The molecule has 0 spiro atoms. The Balaban J connectivity index is 1.34. The third-order valence-corrected chi connectivity index (χ3v) is 5.29. The van der Waals surface area contributed by atoms with E-state index in [0.29, 0.717) is 5.82 Å². The van der Waals surface area contributed by atoms with Gasteiger partial charge in [0.1, 0.15) is 22.8 Å². The number of carbonyl (C=O) groups excluding carboxylic acids is 1. The van der Waals surface area contributed by atoms with Crippen molar-refractivity contribution in [3.8, 4) is 11.3 Å². The van der Waals surface area contributed by atoms with Crippen molar-refractivity contribution in [3.63, 3.8) is 0 Å². The average molecular weight is 430 g/mol. The number of amides is 2. The zero-order valence-corrected chi connectivity index (χ0v) is 17.3. The molecule has 0 aliphatic rings. The lowest BCUT2D eigenvalue weighted by molar-refractivity contribution is 0.249. The third kappa shape index (κ3) is 3.62. The molecule has 3 N–H and O–H groups in total. The molecule has 5 aromatic rings. The monoisotopic (exact) mass is 430 g/mol. The molecule has 1 atom stereocenters. The Kier molecular flexibility index (Phi) is 4.74. The van der Waals surface area contributed by atoms with Crippen LogP contribution in [0.1, 0.15) is 18.5 Å². The number of aromatic nitrogens is 6. The van der Waals surface area contributed by atoms with Crippen molar-refractivity contribution in [2.75, 3.05) is 5.32 Å². The number of H-pyrrole nitrogens is 1. The van der Waals surface area contributed by atoms with Crippen molar-refractivity contribution in [1.29, 1.82) is 0 Å². The van der Waals surface area contributed by atoms with E-state index in [1.807, 2.05) is 32.2 Å². The Labute approximate surface area is 181 Å². The van der Waals surface area contributed by atoms with E-state index >= 15 is 0 Å². The van der Waals surface area contributed by atoms with Crippen LogP contribution in [0.3, 0.4) is 0 Å². The Morgan fingerprint density at radius 1 is 1.16 bits per heavy atom. The molecule has 5 rings (SSSR count). The molecule has 0 bridgehead atoms. The molecule has 0 unspecified atom stereocenters. The second-order valence-electron chi connectivity index (χ2n) is 7.48. The molecule has 0 radical (unpaired) electrons. The van der Waals surface area contributed by atoms with Gasteiger partial charge in [-0.3, -0.25) is 10.4 Å². The van der Waals surface area contributed by atoms with Gasteiger partial charge in [-0.05, 0) is 36.8 Å². The highest BCUT2D eigenvalue weighted by atomic mass is 19.1. The van der Waals surface area contributed by atoms with E-state index in [0.717, 1.165) is 38.8 Å². The maximum Gasteiger partial charge on any atom is 0.320 e. The van der Waals surface area contributed by atoms with E-state index in [4.69, 9.17) is 0 Å². The number of hydrogen-bond acceptors (Lipinski definition) is 5. The van der Waals surface area contributed by atoms with Gasteiger partial charge in [0.15, 0.2) is 0 Å². The molecule has 32 heavy (non-hydrogen) atoms. The minimum atomic E-state index is -0.414. The van der Waals surface area contributed by atoms with Crippen LogP contribution in [-0.2, 0) is 7.05 Å². The summed E-state index contributed by atoms with van der Waals surface area (Å²) in [4.78, 5) is 16.7. The second kappa shape index (κ2) is 7.73. The van der Waals surface area contributed by atoms with Crippen molar-refractivity contribution in [1.82, 2.24) is 35.5 Å². The smallest absolute Gasteiger partial charge is 0.320 e. The van der Waals surface area contributed by atoms with Crippen molar-refractivity contribution in [2.45, 2.75) is 13.0 Å². The molecule has 0 saturated carbocycles. The number of urea groups is 1. The van der Waals surface area contributed by atoms with Gasteiger partial charge in [0.25, 0.3) is 0 Å². The summed E-state index contributed by atoms with van der Waals surface area (Å²) in [6.45, 7) is 1.82. The van der Waals surface area contributed by atoms with Crippen molar-refractivity contribution < 1.29 is 9.18 Å². The molecule has 10 heteroatoms. The quantitative estimate of drug-likeness (QED) is 0.400. The molecule has 160 valence electrons. The van der Waals surface area contributed by atoms with Crippen LogP contribution in [0.25, 0.3) is 33.2 Å². The van der Waals surface area contributed by atoms with Crippen LogP contribution in [0, 0.1) is 5.82 Å². The highest BCUT2D eigenvalue weighted by molar-refractivity contribution is 5.97. The maximum atomic E-state index is 13.1. The van der Waals surface area contributed by atoms with E-state index in [1.54, 1.807) is 29.1 Å². The Hall–Kier alpha value is -4.34. The van der Waals surface area contributed by atoms with Gasteiger partial charge in [0.2, 0.25) is 0 Å². The van der Waals surface area contributed by atoms with Gasteiger partial charge in [0.05, 0.1) is 17.1 Å². The van der Waals surface area contributed by atoms with Crippen LogP contribution >= 0.6 is 0 Å². The van der Waals surface area contributed by atoms with Crippen molar-refractivity contribution in [3.05, 3.63) is 66.1 Å². The topological polar surface area (TPSA) is 113 Å². The van der Waals surface area contributed by atoms with Crippen molar-refractivity contribution >= 4 is 33.8 Å². The number of benzene rings is 2. The molecule has 3 heterocycles. The van der Waals surface area contributed by atoms with Crippen LogP contribution in [0.15, 0.2) is 54.7 Å². The van der Waals surface area contributed by atoms with E-state index in [9.17, 15) is 9.18 Å². The predicted molar refractivity (Wildman–Crippen MR) is 118 cm³/mol. The third-order valence-electron chi connectivity index (χ3n) is 5.29. The molecule has 0 fully saturated rings. The van der Waals surface area contributed by atoms with Gasteiger partial charge in [-0.15, -0.1) is 5.10 Å². The second-order valence-corrected chi connectivity index (χ2v) is 7.48. The fraction of sp³-hybridized carbons (Fsp3) is 0.136. The number of anilines is 1. The van der Waals surface area contributed by atoms with Crippen LogP contribution < -0.4 is 10.6 Å². The van der Waals surface area contributed by atoms with E-state index in [-0.39, 0.29) is 11.9 Å². The number of halogens is 1. The number of hydrogen-bond donors (Lipinski definition) is 3. The summed E-state index contributed by atoms with van der Waals surface area (Å²) < 4.78 is 14.8. The fourth-order valence-corrected chi connectivity index (χ4v) is 3.56. The average Bonchev–Trinajstić information content (AvgIpc) is 3.37. The molecular formula is C22H19FN8O. The first kappa shape index (κ1) is 19.6.